The van der Waals surface area contributed by atoms with Crippen molar-refractivity contribution >= 4 is 22.4 Å². The van der Waals surface area contributed by atoms with Crippen LogP contribution >= 0.6 is 12.4 Å². The van der Waals surface area contributed by atoms with Crippen LogP contribution in [0.4, 0.5) is 0 Å². The van der Waals surface area contributed by atoms with Gasteiger partial charge in [0.1, 0.15) is 6.07 Å². The molecule has 0 fully saturated rings. The molecule has 0 spiro atoms. The molecule has 0 saturated heterocycles. The predicted octanol–water partition coefficient (Wildman–Crippen LogP) is 3.11. The second kappa shape index (κ2) is 11.3. The number of fused-ring (bicyclic) bond motifs is 1. The molecule has 0 unspecified atom stereocenters. The van der Waals surface area contributed by atoms with E-state index < -0.39 is 10.0 Å². The average Bonchev–Trinajstić information content (AvgIpc) is 2.77. The first-order valence-corrected chi connectivity index (χ1v) is 11.4. The monoisotopic (exact) mass is 465 g/mol. The highest BCUT2D eigenvalue weighted by Crippen LogP contribution is 2.33. The van der Waals surface area contributed by atoms with Gasteiger partial charge in [-0.05, 0) is 61.2 Å². The van der Waals surface area contributed by atoms with Gasteiger partial charge in [-0.15, -0.1) is 12.4 Å². The number of nitrogens with one attached hydrogen (secondary N) is 1. The molecule has 2 aromatic rings. The van der Waals surface area contributed by atoms with Crippen LogP contribution in [0.15, 0.2) is 41.3 Å². The molecule has 0 bridgehead atoms. The first kappa shape index (κ1) is 25.0. The molecule has 31 heavy (non-hydrogen) atoms. The van der Waals surface area contributed by atoms with Gasteiger partial charge < -0.3 is 9.47 Å². The van der Waals surface area contributed by atoms with Crippen LogP contribution in [0.5, 0.6) is 11.5 Å². The van der Waals surface area contributed by atoms with E-state index >= 15 is 0 Å². The summed E-state index contributed by atoms with van der Waals surface area (Å²) in [6, 6.07) is 12.3. The van der Waals surface area contributed by atoms with Gasteiger partial charge >= 0.3 is 0 Å². The van der Waals surface area contributed by atoms with Crippen LogP contribution in [0.2, 0.25) is 0 Å². The maximum Gasteiger partial charge on any atom is 0.241 e. The Balaban J connectivity index is 0.00000341. The molecule has 9 heteroatoms. The smallest absolute Gasteiger partial charge is 0.241 e. The first-order valence-electron chi connectivity index (χ1n) is 9.93. The fourth-order valence-electron chi connectivity index (χ4n) is 3.67. The van der Waals surface area contributed by atoms with Crippen molar-refractivity contribution in [3.8, 4) is 17.6 Å². The largest absolute Gasteiger partial charge is 0.493 e. The van der Waals surface area contributed by atoms with Gasteiger partial charge in [0, 0.05) is 19.6 Å². The summed E-state index contributed by atoms with van der Waals surface area (Å²) in [7, 11) is -0.389. The lowest BCUT2D eigenvalue weighted by molar-refractivity contribution is 0.248. The molecule has 0 aliphatic carbocycles. The Morgan fingerprint density at radius 2 is 1.77 bits per heavy atom. The SMILES string of the molecule is COc1cc2c(cc1OC)CN(CCCCNS(=O)(=O)c1ccccc1C#N)CC2.Cl. The van der Waals surface area contributed by atoms with Crippen LogP contribution in [0.25, 0.3) is 0 Å². The van der Waals surface area contributed by atoms with Gasteiger partial charge in [0.15, 0.2) is 11.5 Å². The minimum Gasteiger partial charge on any atom is -0.493 e. The predicted molar refractivity (Wildman–Crippen MR) is 121 cm³/mol. The number of unbranched alkanes of at least 4 members (excludes halogenated alkanes) is 1. The highest BCUT2D eigenvalue weighted by molar-refractivity contribution is 7.89. The molecule has 7 nitrogen and oxygen atoms in total. The van der Waals surface area contributed by atoms with Gasteiger partial charge in [0.05, 0.1) is 24.7 Å². The molecular formula is C22H28ClN3O4S. The fraction of sp³-hybridized carbons (Fsp3) is 0.409. The lowest BCUT2D eigenvalue weighted by Crippen LogP contribution is -2.32. The standard InChI is InChI=1S/C22H27N3O4S.ClH/c1-28-20-13-17-9-12-25(16-19(17)14-21(20)29-2)11-6-5-10-24-30(26,27)22-8-4-3-7-18(22)15-23;/h3-4,7-8,13-14,24H,5-6,9-12,16H2,1-2H3;1H. The maximum absolute atomic E-state index is 12.4. The Labute approximate surface area is 190 Å². The topological polar surface area (TPSA) is 91.7 Å². The lowest BCUT2D eigenvalue weighted by atomic mass is 9.98. The fourth-order valence-corrected chi connectivity index (χ4v) is 4.90. The highest BCUT2D eigenvalue weighted by atomic mass is 35.5. The van der Waals surface area contributed by atoms with Gasteiger partial charge in [-0.2, -0.15) is 5.26 Å². The van der Waals surface area contributed by atoms with E-state index in [-0.39, 0.29) is 22.9 Å². The third kappa shape index (κ3) is 6.11. The molecule has 1 heterocycles. The summed E-state index contributed by atoms with van der Waals surface area (Å²) in [6.07, 6.45) is 2.56. The minimum atomic E-state index is -3.67. The minimum absolute atomic E-state index is 0. The molecule has 168 valence electrons. The Bertz CT molecular complexity index is 1040. The number of sulfonamides is 1. The number of hydrogen-bond donors (Lipinski definition) is 1. The molecule has 0 amide bonds. The molecule has 1 aliphatic rings. The number of ether oxygens (including phenoxy) is 2. The zero-order chi connectivity index (χ0) is 21.6. The second-order valence-electron chi connectivity index (χ2n) is 7.21. The maximum atomic E-state index is 12.4. The molecule has 0 atom stereocenters. The number of nitriles is 1. The van der Waals surface area contributed by atoms with E-state index in [1.54, 1.807) is 26.4 Å². The van der Waals surface area contributed by atoms with Gasteiger partial charge in [-0.1, -0.05) is 12.1 Å². The summed E-state index contributed by atoms with van der Waals surface area (Å²) in [5.41, 5.74) is 2.68. The van der Waals surface area contributed by atoms with Gasteiger partial charge in [0.25, 0.3) is 0 Å². The van der Waals surface area contributed by atoms with E-state index in [2.05, 4.69) is 15.7 Å². The Morgan fingerprint density at radius 3 is 2.45 bits per heavy atom. The molecular weight excluding hydrogens is 438 g/mol. The van der Waals surface area contributed by atoms with Crippen molar-refractivity contribution in [3.63, 3.8) is 0 Å². The summed E-state index contributed by atoms with van der Waals surface area (Å²) in [4.78, 5) is 2.40. The van der Waals surface area contributed by atoms with Crippen LogP contribution in [0, 0.1) is 11.3 Å². The number of nitrogens with zero attached hydrogens (tertiary/aromatic N) is 2. The van der Waals surface area contributed by atoms with Crippen LogP contribution in [-0.4, -0.2) is 47.2 Å². The summed E-state index contributed by atoms with van der Waals surface area (Å²) >= 11 is 0. The molecule has 1 N–H and O–H groups in total. The van der Waals surface area contributed by atoms with Crippen molar-refractivity contribution in [2.24, 2.45) is 0 Å². The van der Waals surface area contributed by atoms with E-state index in [0.717, 1.165) is 50.4 Å². The summed E-state index contributed by atoms with van der Waals surface area (Å²) in [6.45, 7) is 3.04. The van der Waals surface area contributed by atoms with Gasteiger partial charge in [-0.3, -0.25) is 4.90 Å². The molecule has 0 saturated carbocycles. The summed E-state index contributed by atoms with van der Waals surface area (Å²) < 4.78 is 38.3. The molecule has 1 aliphatic heterocycles. The lowest BCUT2D eigenvalue weighted by Gasteiger charge is -2.29. The van der Waals surface area contributed by atoms with E-state index in [0.29, 0.717) is 6.54 Å². The molecule has 2 aromatic carbocycles. The molecule has 0 radical (unpaired) electrons. The van der Waals surface area contributed by atoms with Crippen LogP contribution in [0.1, 0.15) is 29.5 Å². The highest BCUT2D eigenvalue weighted by Gasteiger charge is 2.20. The van der Waals surface area contributed by atoms with Crippen LogP contribution < -0.4 is 14.2 Å². The van der Waals surface area contributed by atoms with E-state index in [1.807, 2.05) is 12.1 Å². The quantitative estimate of drug-likeness (QED) is 0.572. The van der Waals surface area contributed by atoms with E-state index in [9.17, 15) is 8.42 Å². The Hall–Kier alpha value is -2.31. The van der Waals surface area contributed by atoms with Crippen molar-refractivity contribution in [1.82, 2.24) is 9.62 Å². The van der Waals surface area contributed by atoms with E-state index in [1.165, 1.54) is 23.3 Å². The number of hydrogen-bond acceptors (Lipinski definition) is 6. The summed E-state index contributed by atoms with van der Waals surface area (Å²) in [5.74, 6) is 1.50. The Morgan fingerprint density at radius 1 is 1.10 bits per heavy atom. The molecule has 0 aromatic heterocycles. The third-order valence-electron chi connectivity index (χ3n) is 5.29. The summed E-state index contributed by atoms with van der Waals surface area (Å²) in [5, 5.41) is 9.11. The van der Waals surface area contributed by atoms with Crippen molar-refractivity contribution in [2.45, 2.75) is 30.7 Å². The number of benzene rings is 2. The zero-order valence-corrected chi connectivity index (χ0v) is 19.4. The van der Waals surface area contributed by atoms with Crippen molar-refractivity contribution < 1.29 is 17.9 Å². The number of halogens is 1. The zero-order valence-electron chi connectivity index (χ0n) is 17.8. The third-order valence-corrected chi connectivity index (χ3v) is 6.81. The van der Waals surface area contributed by atoms with E-state index in [4.69, 9.17) is 14.7 Å². The number of rotatable bonds is 9. The van der Waals surface area contributed by atoms with Crippen molar-refractivity contribution in [1.29, 1.82) is 5.26 Å². The second-order valence-corrected chi connectivity index (χ2v) is 8.95. The van der Waals surface area contributed by atoms with Gasteiger partial charge in [-0.25, -0.2) is 13.1 Å². The molecule has 3 rings (SSSR count). The first-order chi connectivity index (χ1) is 14.5. The van der Waals surface area contributed by atoms with Crippen molar-refractivity contribution in [3.05, 3.63) is 53.1 Å². The van der Waals surface area contributed by atoms with Gasteiger partial charge in [0.2, 0.25) is 10.0 Å². The van der Waals surface area contributed by atoms with Crippen molar-refractivity contribution in [2.75, 3.05) is 33.9 Å². The Kier molecular flexibility index (Phi) is 9.14. The average molecular weight is 466 g/mol. The van der Waals surface area contributed by atoms with Crippen LogP contribution in [-0.2, 0) is 23.0 Å². The normalized spacial score (nSPS) is 13.6. The van der Waals surface area contributed by atoms with Crippen LogP contribution in [0.3, 0.4) is 0 Å². The number of methoxy groups -OCH3 is 2.